The molecule has 0 aliphatic carbocycles. The van der Waals surface area contributed by atoms with Crippen molar-refractivity contribution in [2.75, 3.05) is 0 Å². The maximum Gasteiger partial charge on any atom is 0.201 e. The van der Waals surface area contributed by atoms with Gasteiger partial charge in [0, 0.05) is 12.7 Å². The molecule has 0 saturated carbocycles. The molecule has 2 aromatic rings. The molecule has 0 saturated heterocycles. The Morgan fingerprint density at radius 1 is 1.62 bits per heavy atom. The summed E-state index contributed by atoms with van der Waals surface area (Å²) in [5.41, 5.74) is 0.577. The number of aromatic nitrogens is 6. The lowest BCUT2D eigenvalue weighted by molar-refractivity contribution is 0.661. The fourth-order valence-electron chi connectivity index (χ4n) is 0.979. The molecule has 0 bridgehead atoms. The van der Waals surface area contributed by atoms with Gasteiger partial charge < -0.3 is 0 Å². The second kappa shape index (κ2) is 3.14. The number of halogens is 1. The van der Waals surface area contributed by atoms with Gasteiger partial charge in [-0.15, -0.1) is 5.10 Å². The van der Waals surface area contributed by atoms with Crippen molar-refractivity contribution in [3.63, 3.8) is 0 Å². The molecule has 1 N–H and O–H groups in total. The third kappa shape index (κ3) is 1.40. The number of aryl methyl sites for hydroxylation is 1. The van der Waals surface area contributed by atoms with Gasteiger partial charge in [0.2, 0.25) is 5.82 Å². The van der Waals surface area contributed by atoms with E-state index in [-0.39, 0.29) is 0 Å². The van der Waals surface area contributed by atoms with Crippen LogP contribution < -0.4 is 0 Å². The van der Waals surface area contributed by atoms with Crippen LogP contribution in [-0.4, -0.2) is 30.4 Å². The second-order valence-corrected chi connectivity index (χ2v) is 2.84. The fraction of sp³-hybridized carbons (Fsp3) is 0.333. The zero-order chi connectivity index (χ0) is 9.26. The van der Waals surface area contributed by atoms with E-state index in [1.165, 1.54) is 0 Å². The molecule has 6 nitrogen and oxygen atoms in total. The Morgan fingerprint density at radius 2 is 2.46 bits per heavy atom. The molecular weight excluding hydrogens is 192 g/mol. The predicted octanol–water partition coefficient (Wildman–Crippen LogP) is 0.736. The quantitative estimate of drug-likeness (QED) is 0.773. The summed E-state index contributed by atoms with van der Waals surface area (Å²) in [5, 5.41) is 17.9. The molecule has 2 heterocycles. The van der Waals surface area contributed by atoms with E-state index in [4.69, 9.17) is 11.6 Å². The highest BCUT2D eigenvalue weighted by Gasteiger charge is 2.11. The van der Waals surface area contributed by atoms with Crippen molar-refractivity contribution in [2.24, 2.45) is 0 Å². The monoisotopic (exact) mass is 198 g/mol. The Bertz CT molecular complexity index is 391. The number of tetrazole rings is 1. The number of nitrogens with zero attached hydrogens (tertiary/aromatic N) is 5. The van der Waals surface area contributed by atoms with Crippen LogP contribution in [0, 0.1) is 0 Å². The number of nitrogens with one attached hydrogen (secondary N) is 1. The first kappa shape index (κ1) is 8.18. The summed E-state index contributed by atoms with van der Waals surface area (Å²) in [6.07, 6.45) is 1.74. The second-order valence-electron chi connectivity index (χ2n) is 2.43. The van der Waals surface area contributed by atoms with Crippen molar-refractivity contribution < 1.29 is 0 Å². The van der Waals surface area contributed by atoms with Gasteiger partial charge >= 0.3 is 0 Å². The highest BCUT2D eigenvalue weighted by Crippen LogP contribution is 2.21. The van der Waals surface area contributed by atoms with Gasteiger partial charge in [-0.05, 0) is 17.4 Å². The smallest absolute Gasteiger partial charge is 0.201 e. The summed E-state index contributed by atoms with van der Waals surface area (Å²) in [6, 6.07) is 0. The van der Waals surface area contributed by atoms with Gasteiger partial charge in [-0.25, -0.2) is 5.10 Å². The Hall–Kier alpha value is -1.43. The van der Waals surface area contributed by atoms with Crippen molar-refractivity contribution in [3.8, 4) is 11.5 Å². The van der Waals surface area contributed by atoms with Crippen molar-refractivity contribution in [3.05, 3.63) is 11.2 Å². The SMILES string of the molecule is CCn1cc(Cl)c(-c2nnn[nH]2)n1. The third-order valence-corrected chi connectivity index (χ3v) is 1.89. The Morgan fingerprint density at radius 3 is 3.00 bits per heavy atom. The van der Waals surface area contributed by atoms with E-state index in [1.807, 2.05) is 6.92 Å². The van der Waals surface area contributed by atoms with E-state index < -0.39 is 0 Å². The van der Waals surface area contributed by atoms with Gasteiger partial charge in [0.25, 0.3) is 0 Å². The number of aromatic amines is 1. The van der Waals surface area contributed by atoms with Crippen molar-refractivity contribution >= 4 is 11.6 Å². The molecular formula is C6H7ClN6. The van der Waals surface area contributed by atoms with Crippen LogP contribution >= 0.6 is 11.6 Å². The normalized spacial score (nSPS) is 10.6. The minimum absolute atomic E-state index is 0.484. The molecule has 0 radical (unpaired) electrons. The Kier molecular flexibility index (Phi) is 1.97. The van der Waals surface area contributed by atoms with Gasteiger partial charge in [0.1, 0.15) is 5.69 Å². The zero-order valence-electron chi connectivity index (χ0n) is 6.90. The zero-order valence-corrected chi connectivity index (χ0v) is 7.65. The van der Waals surface area contributed by atoms with Gasteiger partial charge in [0.05, 0.1) is 5.02 Å². The molecule has 0 spiro atoms. The molecule has 0 aliphatic rings. The number of hydrogen-bond acceptors (Lipinski definition) is 4. The summed E-state index contributed by atoms with van der Waals surface area (Å²) in [5.74, 6) is 0.484. The molecule has 0 aromatic carbocycles. The summed E-state index contributed by atoms with van der Waals surface area (Å²) >= 11 is 5.92. The molecule has 0 fully saturated rings. The molecule has 0 amide bonds. The van der Waals surface area contributed by atoms with E-state index in [2.05, 4.69) is 25.7 Å². The average molecular weight is 199 g/mol. The summed E-state index contributed by atoms with van der Waals surface area (Å²) in [4.78, 5) is 0. The molecule has 68 valence electrons. The molecule has 2 rings (SSSR count). The lowest BCUT2D eigenvalue weighted by Crippen LogP contribution is -1.94. The third-order valence-electron chi connectivity index (χ3n) is 1.61. The summed E-state index contributed by atoms with van der Waals surface area (Å²) < 4.78 is 1.72. The van der Waals surface area contributed by atoms with Gasteiger partial charge in [-0.1, -0.05) is 11.6 Å². The Labute approximate surface area is 78.9 Å². The largest absolute Gasteiger partial charge is 0.271 e. The van der Waals surface area contributed by atoms with Crippen LogP contribution in [-0.2, 0) is 6.54 Å². The van der Waals surface area contributed by atoms with Crippen molar-refractivity contribution in [2.45, 2.75) is 13.5 Å². The van der Waals surface area contributed by atoms with Crippen LogP contribution in [0.1, 0.15) is 6.92 Å². The van der Waals surface area contributed by atoms with Crippen molar-refractivity contribution in [1.29, 1.82) is 0 Å². The molecule has 13 heavy (non-hydrogen) atoms. The maximum atomic E-state index is 5.92. The minimum Gasteiger partial charge on any atom is -0.271 e. The van der Waals surface area contributed by atoms with E-state index in [1.54, 1.807) is 10.9 Å². The number of rotatable bonds is 2. The fourth-order valence-corrected chi connectivity index (χ4v) is 1.22. The van der Waals surface area contributed by atoms with Gasteiger partial charge in [-0.2, -0.15) is 5.10 Å². The predicted molar refractivity (Wildman–Crippen MR) is 46.1 cm³/mol. The molecule has 0 atom stereocenters. The number of H-pyrrole nitrogens is 1. The van der Waals surface area contributed by atoms with Gasteiger partial charge in [0.15, 0.2) is 0 Å². The Balaban J connectivity index is 2.46. The van der Waals surface area contributed by atoms with Crippen LogP contribution in [0.5, 0.6) is 0 Å². The van der Waals surface area contributed by atoms with Crippen LogP contribution in [0.4, 0.5) is 0 Å². The molecule has 0 aliphatic heterocycles. The van der Waals surface area contributed by atoms with Crippen molar-refractivity contribution in [1.82, 2.24) is 30.4 Å². The summed E-state index contributed by atoms with van der Waals surface area (Å²) in [7, 11) is 0. The first-order chi connectivity index (χ1) is 6.31. The highest BCUT2D eigenvalue weighted by molar-refractivity contribution is 6.32. The first-order valence-corrected chi connectivity index (χ1v) is 4.16. The minimum atomic E-state index is 0.484. The van der Waals surface area contributed by atoms with Crippen LogP contribution in [0.3, 0.4) is 0 Å². The maximum absolute atomic E-state index is 5.92. The molecule has 2 aromatic heterocycles. The molecule has 0 unspecified atom stereocenters. The van der Waals surface area contributed by atoms with E-state index in [0.717, 1.165) is 6.54 Å². The summed E-state index contributed by atoms with van der Waals surface area (Å²) in [6.45, 7) is 2.74. The van der Waals surface area contributed by atoms with Crippen LogP contribution in [0.2, 0.25) is 5.02 Å². The van der Waals surface area contributed by atoms with E-state index >= 15 is 0 Å². The lowest BCUT2D eigenvalue weighted by atomic mass is 10.4. The number of hydrogen-bond donors (Lipinski definition) is 1. The standard InChI is InChI=1S/C6H7ClN6/c1-2-13-3-4(7)5(10-13)6-8-11-12-9-6/h3H,2H2,1H3,(H,8,9,11,12). The van der Waals surface area contributed by atoms with E-state index in [0.29, 0.717) is 16.5 Å². The lowest BCUT2D eigenvalue weighted by Gasteiger charge is -1.90. The molecule has 7 heteroatoms. The topological polar surface area (TPSA) is 72.3 Å². The van der Waals surface area contributed by atoms with Crippen LogP contribution in [0.15, 0.2) is 6.20 Å². The first-order valence-electron chi connectivity index (χ1n) is 3.78. The highest BCUT2D eigenvalue weighted by atomic mass is 35.5. The average Bonchev–Trinajstić information content (AvgIpc) is 2.72. The van der Waals surface area contributed by atoms with Gasteiger partial charge in [-0.3, -0.25) is 4.68 Å². The van der Waals surface area contributed by atoms with E-state index in [9.17, 15) is 0 Å². The van der Waals surface area contributed by atoms with Crippen LogP contribution in [0.25, 0.3) is 11.5 Å².